The molecule has 4 nitrogen and oxygen atoms in total. The van der Waals surface area contributed by atoms with E-state index in [2.05, 4.69) is 10.6 Å². The predicted octanol–water partition coefficient (Wildman–Crippen LogP) is 3.79. The van der Waals surface area contributed by atoms with Crippen LogP contribution in [0.1, 0.15) is 5.56 Å². The third kappa shape index (κ3) is 3.47. The molecule has 0 unspecified atom stereocenters. The monoisotopic (exact) mass is 274 g/mol. The Kier molecular flexibility index (Phi) is 4.20. The van der Waals surface area contributed by atoms with Crippen LogP contribution in [0.4, 0.5) is 20.6 Å². The standard InChI is InChI=1S/C15H15FN2O2/c1-10-3-8-13(20-2)9-14(10)18-15(19)17-12-6-4-11(16)5-7-12/h3-9H,1-2H3,(H2,17,18,19). The highest BCUT2D eigenvalue weighted by Gasteiger charge is 2.06. The summed E-state index contributed by atoms with van der Waals surface area (Å²) in [7, 11) is 1.56. The molecule has 2 aromatic carbocycles. The van der Waals surface area contributed by atoms with Gasteiger partial charge in [-0.2, -0.15) is 0 Å². The zero-order chi connectivity index (χ0) is 14.5. The minimum Gasteiger partial charge on any atom is -0.497 e. The summed E-state index contributed by atoms with van der Waals surface area (Å²) in [4.78, 5) is 11.9. The number of halogens is 1. The molecule has 0 fully saturated rings. The van der Waals surface area contributed by atoms with Crippen LogP contribution in [0, 0.1) is 12.7 Å². The van der Waals surface area contributed by atoms with Crippen molar-refractivity contribution in [2.24, 2.45) is 0 Å². The molecular formula is C15H15FN2O2. The van der Waals surface area contributed by atoms with E-state index in [4.69, 9.17) is 4.74 Å². The van der Waals surface area contributed by atoms with Crippen LogP contribution >= 0.6 is 0 Å². The maximum absolute atomic E-state index is 12.8. The lowest BCUT2D eigenvalue weighted by atomic mass is 10.2. The number of rotatable bonds is 3. The second kappa shape index (κ2) is 6.06. The summed E-state index contributed by atoms with van der Waals surface area (Å²) in [6.45, 7) is 1.88. The summed E-state index contributed by atoms with van der Waals surface area (Å²) < 4.78 is 17.9. The van der Waals surface area contributed by atoms with E-state index in [1.54, 1.807) is 13.2 Å². The normalized spacial score (nSPS) is 9.95. The van der Waals surface area contributed by atoms with Crippen molar-refractivity contribution in [1.29, 1.82) is 0 Å². The van der Waals surface area contributed by atoms with Crippen molar-refractivity contribution >= 4 is 17.4 Å². The molecule has 0 bridgehead atoms. The van der Waals surface area contributed by atoms with Crippen LogP contribution in [-0.4, -0.2) is 13.1 Å². The summed E-state index contributed by atoms with van der Waals surface area (Å²) in [5.41, 5.74) is 2.09. The number of aryl methyl sites for hydroxylation is 1. The Hall–Kier alpha value is -2.56. The number of benzene rings is 2. The zero-order valence-electron chi connectivity index (χ0n) is 11.2. The maximum Gasteiger partial charge on any atom is 0.323 e. The van der Waals surface area contributed by atoms with E-state index >= 15 is 0 Å². The molecule has 0 aromatic heterocycles. The SMILES string of the molecule is COc1ccc(C)c(NC(=O)Nc2ccc(F)cc2)c1. The number of nitrogens with one attached hydrogen (secondary N) is 2. The van der Waals surface area contributed by atoms with Gasteiger partial charge in [-0.1, -0.05) is 6.07 Å². The van der Waals surface area contributed by atoms with Crippen molar-refractivity contribution in [2.75, 3.05) is 17.7 Å². The van der Waals surface area contributed by atoms with Crippen LogP contribution in [-0.2, 0) is 0 Å². The van der Waals surface area contributed by atoms with Gasteiger partial charge in [0, 0.05) is 17.4 Å². The highest BCUT2D eigenvalue weighted by atomic mass is 19.1. The van der Waals surface area contributed by atoms with Gasteiger partial charge >= 0.3 is 6.03 Å². The molecule has 0 aliphatic heterocycles. The largest absolute Gasteiger partial charge is 0.497 e. The quantitative estimate of drug-likeness (QED) is 0.894. The molecule has 0 aliphatic carbocycles. The molecule has 5 heteroatoms. The fourth-order valence-electron chi connectivity index (χ4n) is 1.68. The average molecular weight is 274 g/mol. The fraction of sp³-hybridized carbons (Fsp3) is 0.133. The molecule has 2 amide bonds. The van der Waals surface area contributed by atoms with E-state index in [-0.39, 0.29) is 5.82 Å². The number of carbonyl (C=O) groups is 1. The van der Waals surface area contributed by atoms with Crippen LogP contribution in [0.15, 0.2) is 42.5 Å². The van der Waals surface area contributed by atoms with Crippen LogP contribution in [0.3, 0.4) is 0 Å². The number of anilines is 2. The Bertz CT molecular complexity index is 612. The fourth-order valence-corrected chi connectivity index (χ4v) is 1.68. The Balaban J connectivity index is 2.06. The third-order valence-electron chi connectivity index (χ3n) is 2.80. The van der Waals surface area contributed by atoms with E-state index in [1.165, 1.54) is 24.3 Å². The molecule has 20 heavy (non-hydrogen) atoms. The number of hydrogen-bond acceptors (Lipinski definition) is 2. The van der Waals surface area contributed by atoms with Gasteiger partial charge in [0.05, 0.1) is 7.11 Å². The minimum atomic E-state index is -0.395. The van der Waals surface area contributed by atoms with Gasteiger partial charge in [0.15, 0.2) is 0 Å². The second-order valence-corrected chi connectivity index (χ2v) is 4.27. The van der Waals surface area contributed by atoms with Gasteiger partial charge in [-0.25, -0.2) is 9.18 Å². The number of urea groups is 1. The molecule has 0 spiro atoms. The van der Waals surface area contributed by atoms with Crippen molar-refractivity contribution < 1.29 is 13.9 Å². The molecule has 0 saturated heterocycles. The average Bonchev–Trinajstić information content (AvgIpc) is 2.44. The second-order valence-electron chi connectivity index (χ2n) is 4.27. The van der Waals surface area contributed by atoms with Gasteiger partial charge in [0.1, 0.15) is 11.6 Å². The first kappa shape index (κ1) is 13.9. The first-order chi connectivity index (χ1) is 9.58. The smallest absolute Gasteiger partial charge is 0.323 e. The summed E-state index contributed by atoms with van der Waals surface area (Å²) >= 11 is 0. The van der Waals surface area contributed by atoms with E-state index in [9.17, 15) is 9.18 Å². The Morgan fingerprint density at radius 1 is 1.10 bits per heavy atom. The highest BCUT2D eigenvalue weighted by Crippen LogP contribution is 2.22. The van der Waals surface area contributed by atoms with Crippen molar-refractivity contribution in [3.8, 4) is 5.75 Å². The molecule has 0 atom stereocenters. The number of carbonyl (C=O) groups excluding carboxylic acids is 1. The maximum atomic E-state index is 12.8. The van der Waals surface area contributed by atoms with Gasteiger partial charge in [-0.15, -0.1) is 0 Å². The highest BCUT2D eigenvalue weighted by molar-refractivity contribution is 6.00. The lowest BCUT2D eigenvalue weighted by Gasteiger charge is -2.11. The molecule has 104 valence electrons. The number of hydrogen-bond donors (Lipinski definition) is 2. The topological polar surface area (TPSA) is 50.4 Å². The van der Waals surface area contributed by atoms with Crippen LogP contribution in [0.5, 0.6) is 5.75 Å². The minimum absolute atomic E-state index is 0.348. The Labute approximate surface area is 116 Å². The molecule has 0 aliphatic rings. The van der Waals surface area contributed by atoms with Crippen molar-refractivity contribution in [1.82, 2.24) is 0 Å². The van der Waals surface area contributed by atoms with Gasteiger partial charge in [0.2, 0.25) is 0 Å². The molecule has 0 saturated carbocycles. The molecule has 0 heterocycles. The Morgan fingerprint density at radius 3 is 2.45 bits per heavy atom. The lowest BCUT2D eigenvalue weighted by molar-refractivity contribution is 0.262. The first-order valence-corrected chi connectivity index (χ1v) is 6.06. The molecule has 2 rings (SSSR count). The summed E-state index contributed by atoms with van der Waals surface area (Å²) in [6.07, 6.45) is 0. The van der Waals surface area contributed by atoms with Gasteiger partial charge < -0.3 is 15.4 Å². The van der Waals surface area contributed by atoms with Crippen molar-refractivity contribution in [3.63, 3.8) is 0 Å². The third-order valence-corrected chi connectivity index (χ3v) is 2.80. The predicted molar refractivity (Wildman–Crippen MR) is 76.8 cm³/mol. The Morgan fingerprint density at radius 2 is 1.80 bits per heavy atom. The first-order valence-electron chi connectivity index (χ1n) is 6.06. The van der Waals surface area contributed by atoms with E-state index in [0.717, 1.165) is 5.56 Å². The van der Waals surface area contributed by atoms with Crippen molar-refractivity contribution in [2.45, 2.75) is 6.92 Å². The van der Waals surface area contributed by atoms with Gasteiger partial charge in [0.25, 0.3) is 0 Å². The van der Waals surface area contributed by atoms with Gasteiger partial charge in [-0.05, 0) is 42.8 Å². The van der Waals surface area contributed by atoms with E-state index in [1.807, 2.05) is 19.1 Å². The summed E-state index contributed by atoms with van der Waals surface area (Å²) in [5.74, 6) is 0.312. The molecule has 2 N–H and O–H groups in total. The lowest BCUT2D eigenvalue weighted by Crippen LogP contribution is -2.19. The molecular weight excluding hydrogens is 259 g/mol. The summed E-state index contributed by atoms with van der Waals surface area (Å²) in [6, 6.07) is 10.6. The van der Waals surface area contributed by atoms with Crippen LogP contribution in [0.2, 0.25) is 0 Å². The van der Waals surface area contributed by atoms with Gasteiger partial charge in [-0.3, -0.25) is 0 Å². The number of ether oxygens (including phenoxy) is 1. The van der Waals surface area contributed by atoms with Crippen LogP contribution in [0.25, 0.3) is 0 Å². The zero-order valence-corrected chi connectivity index (χ0v) is 11.2. The molecule has 0 radical (unpaired) electrons. The van der Waals surface area contributed by atoms with E-state index < -0.39 is 6.03 Å². The van der Waals surface area contributed by atoms with Crippen molar-refractivity contribution in [3.05, 3.63) is 53.8 Å². The van der Waals surface area contributed by atoms with Crippen LogP contribution < -0.4 is 15.4 Å². The number of methoxy groups -OCH3 is 1. The number of amides is 2. The van der Waals surface area contributed by atoms with E-state index in [0.29, 0.717) is 17.1 Å². The molecule has 2 aromatic rings. The summed E-state index contributed by atoms with van der Waals surface area (Å²) in [5, 5.41) is 5.35.